The molecule has 0 saturated carbocycles. The van der Waals surface area contributed by atoms with Crippen molar-refractivity contribution in [3.05, 3.63) is 146 Å². The topological polar surface area (TPSA) is 108 Å². The number of aliphatic hydroxyl groups excluding tert-OH is 1. The summed E-state index contributed by atoms with van der Waals surface area (Å²) in [7, 11) is 1.21. The van der Waals surface area contributed by atoms with Gasteiger partial charge in [-0.3, -0.25) is 9.36 Å². The fourth-order valence-corrected chi connectivity index (χ4v) is 9.25. The molecular formula is C71H121N2O6P. The van der Waals surface area contributed by atoms with E-state index in [1.165, 1.54) is 109 Å². The number of allylic oxidation sites excluding steroid dienone is 23. The van der Waals surface area contributed by atoms with Gasteiger partial charge in [0.25, 0.3) is 7.82 Å². The van der Waals surface area contributed by atoms with Gasteiger partial charge in [0.05, 0.1) is 39.9 Å². The lowest BCUT2D eigenvalue weighted by molar-refractivity contribution is -0.870. The maximum absolute atomic E-state index is 13.0. The lowest BCUT2D eigenvalue weighted by Gasteiger charge is -2.29. The molecule has 0 heterocycles. The van der Waals surface area contributed by atoms with Crippen LogP contribution in [0.3, 0.4) is 0 Å². The molecule has 1 amide bonds. The first-order valence-corrected chi connectivity index (χ1v) is 33.7. The van der Waals surface area contributed by atoms with E-state index in [-0.39, 0.29) is 12.5 Å². The number of nitrogens with one attached hydrogen (secondary N) is 1. The van der Waals surface area contributed by atoms with Crippen molar-refractivity contribution in [2.75, 3.05) is 40.9 Å². The second-order valence-corrected chi connectivity index (χ2v) is 23.8. The molecule has 8 nitrogen and oxygen atoms in total. The molecule has 0 aliphatic carbocycles. The minimum absolute atomic E-state index is 0.0174. The number of hydrogen-bond donors (Lipinski definition) is 2. The van der Waals surface area contributed by atoms with E-state index < -0.39 is 26.6 Å². The van der Waals surface area contributed by atoms with Crippen LogP contribution in [0.15, 0.2) is 146 Å². The quantitative estimate of drug-likeness (QED) is 0.0272. The maximum Gasteiger partial charge on any atom is 0.268 e. The first kappa shape index (κ1) is 76.4. The summed E-state index contributed by atoms with van der Waals surface area (Å²) >= 11 is 0. The van der Waals surface area contributed by atoms with Crippen molar-refractivity contribution in [1.29, 1.82) is 0 Å². The third kappa shape index (κ3) is 62.0. The van der Waals surface area contributed by atoms with Crippen LogP contribution in [0.5, 0.6) is 0 Å². The molecule has 0 aliphatic rings. The summed E-state index contributed by atoms with van der Waals surface area (Å²) in [5, 5.41) is 13.9. The Kier molecular flexibility index (Phi) is 57.3. The van der Waals surface area contributed by atoms with Gasteiger partial charge in [-0.05, 0) is 116 Å². The molecule has 3 atom stereocenters. The van der Waals surface area contributed by atoms with Gasteiger partial charge in [-0.25, -0.2) is 0 Å². The van der Waals surface area contributed by atoms with E-state index in [0.717, 1.165) is 116 Å². The van der Waals surface area contributed by atoms with E-state index in [1.807, 2.05) is 27.2 Å². The van der Waals surface area contributed by atoms with Gasteiger partial charge in [-0.2, -0.15) is 0 Å². The first-order valence-electron chi connectivity index (χ1n) is 32.2. The van der Waals surface area contributed by atoms with Crippen LogP contribution < -0.4 is 10.2 Å². The van der Waals surface area contributed by atoms with Crippen LogP contribution in [-0.2, 0) is 18.4 Å². The Morgan fingerprint density at radius 2 is 0.775 bits per heavy atom. The van der Waals surface area contributed by atoms with Crippen LogP contribution in [0.4, 0.5) is 0 Å². The van der Waals surface area contributed by atoms with Crippen LogP contribution in [0.1, 0.15) is 245 Å². The Hall–Kier alpha value is -3.62. The molecule has 0 aromatic carbocycles. The minimum atomic E-state index is -4.62. The van der Waals surface area contributed by atoms with Crippen molar-refractivity contribution >= 4 is 13.7 Å². The van der Waals surface area contributed by atoms with E-state index >= 15 is 0 Å². The number of carbonyl (C=O) groups is 1. The fraction of sp³-hybridized carbons (Fsp3) is 0.648. The molecule has 0 aromatic rings. The van der Waals surface area contributed by atoms with Gasteiger partial charge >= 0.3 is 0 Å². The number of phosphoric ester groups is 1. The van der Waals surface area contributed by atoms with E-state index in [2.05, 4.69) is 153 Å². The highest BCUT2D eigenvalue weighted by molar-refractivity contribution is 7.45. The highest BCUT2D eigenvalue weighted by Gasteiger charge is 2.23. The molecule has 0 aliphatic heterocycles. The fourth-order valence-electron chi connectivity index (χ4n) is 8.53. The largest absolute Gasteiger partial charge is 0.756 e. The SMILES string of the molecule is CC/C=C\C/C=C\C/C=C\C/C=C\C/C=C\C/C=C\C/C=C\C/C=C\C/C=C\CCCCCCCCCCCC(=O)NC(COP(=O)([O-])OCC[N+](C)(C)C)C(O)/C=C/CC/C=C/CC/C=C/CCCCCCCCCCCCC. The number of amides is 1. The zero-order valence-corrected chi connectivity index (χ0v) is 52.9. The molecule has 456 valence electrons. The lowest BCUT2D eigenvalue weighted by Crippen LogP contribution is -2.45. The Balaban J connectivity index is 4.23. The zero-order chi connectivity index (χ0) is 58.4. The van der Waals surface area contributed by atoms with E-state index in [1.54, 1.807) is 6.08 Å². The summed E-state index contributed by atoms with van der Waals surface area (Å²) in [5.41, 5.74) is 0. The maximum atomic E-state index is 13.0. The van der Waals surface area contributed by atoms with Crippen LogP contribution in [0.25, 0.3) is 0 Å². The second-order valence-electron chi connectivity index (χ2n) is 22.4. The average Bonchev–Trinajstić information content (AvgIpc) is 3.42. The molecule has 0 saturated heterocycles. The smallest absolute Gasteiger partial charge is 0.268 e. The minimum Gasteiger partial charge on any atom is -0.756 e. The standard InChI is InChI=1S/C71H121N2O6P/c1-6-8-10-12-14-16-18-20-22-24-26-28-29-30-31-32-33-34-35-36-37-38-39-40-41-42-43-45-47-49-51-53-55-57-59-61-63-65-71(75)72-69(68-79-80(76,77)78-67-66-73(3,4)5)70(74)64-62-60-58-56-54-52-50-48-46-44-27-25-23-21-19-17-15-13-11-9-7-2/h8,10,14,16,20,22,26,28,30-31,33-34,36-37,39-40,42-43,46,48,54,56,62,64,69-70,74H,6-7,9,11-13,15,17-19,21,23-25,27,29,32,35,38,41,44-45,47,49-53,55,57-61,63,65-68H2,1-5H3,(H-,72,75,76,77)/b10-8-,16-14-,22-20-,28-26-,31-30-,34-33-,37-36-,40-39-,43-42-,48-46+,56-54+,64-62+. The summed E-state index contributed by atoms with van der Waals surface area (Å²) in [6, 6.07) is -0.925. The highest BCUT2D eigenvalue weighted by Crippen LogP contribution is 2.38. The van der Waals surface area contributed by atoms with E-state index in [9.17, 15) is 19.4 Å². The molecule has 80 heavy (non-hydrogen) atoms. The summed E-state index contributed by atoms with van der Waals surface area (Å²) < 4.78 is 23.4. The summed E-state index contributed by atoms with van der Waals surface area (Å²) in [6.07, 6.45) is 92.3. The van der Waals surface area contributed by atoms with Crippen LogP contribution in [0.2, 0.25) is 0 Å². The monoisotopic (exact) mass is 1130 g/mol. The van der Waals surface area contributed by atoms with Crippen molar-refractivity contribution in [3.63, 3.8) is 0 Å². The van der Waals surface area contributed by atoms with Gasteiger partial charge in [0.15, 0.2) is 0 Å². The third-order valence-electron chi connectivity index (χ3n) is 13.5. The van der Waals surface area contributed by atoms with E-state index in [4.69, 9.17) is 9.05 Å². The van der Waals surface area contributed by atoms with Crippen molar-refractivity contribution in [2.24, 2.45) is 0 Å². The van der Waals surface area contributed by atoms with Crippen molar-refractivity contribution in [1.82, 2.24) is 5.32 Å². The summed E-state index contributed by atoms with van der Waals surface area (Å²) in [5.74, 6) is -0.223. The van der Waals surface area contributed by atoms with Gasteiger partial charge in [-0.1, -0.05) is 269 Å². The number of unbranched alkanes of at least 4 members (excludes halogenated alkanes) is 22. The molecule has 0 radical (unpaired) electrons. The predicted molar refractivity (Wildman–Crippen MR) is 348 cm³/mol. The lowest BCUT2D eigenvalue weighted by atomic mass is 10.1. The molecular weight excluding hydrogens is 1010 g/mol. The van der Waals surface area contributed by atoms with Gasteiger partial charge in [0, 0.05) is 6.42 Å². The Bertz CT molecular complexity index is 1810. The van der Waals surface area contributed by atoms with Crippen LogP contribution in [0, 0.1) is 0 Å². The highest BCUT2D eigenvalue weighted by atomic mass is 31.2. The molecule has 0 fully saturated rings. The molecule has 2 N–H and O–H groups in total. The van der Waals surface area contributed by atoms with Crippen molar-refractivity contribution in [3.8, 4) is 0 Å². The van der Waals surface area contributed by atoms with Gasteiger partial charge in [-0.15, -0.1) is 0 Å². The Morgan fingerprint density at radius 1 is 0.450 bits per heavy atom. The Labute approximate surface area is 493 Å². The number of likely N-dealkylation sites (N-methyl/N-ethyl adjacent to an activating group) is 1. The number of nitrogens with zero attached hydrogens (tertiary/aromatic N) is 1. The van der Waals surface area contributed by atoms with Crippen molar-refractivity contribution < 1.29 is 32.9 Å². The van der Waals surface area contributed by atoms with Gasteiger partial charge < -0.3 is 28.8 Å². The third-order valence-corrected chi connectivity index (χ3v) is 14.5. The first-order chi connectivity index (χ1) is 39.0. The number of rotatable bonds is 57. The van der Waals surface area contributed by atoms with Crippen LogP contribution >= 0.6 is 7.82 Å². The van der Waals surface area contributed by atoms with Gasteiger partial charge in [0.2, 0.25) is 5.91 Å². The number of phosphoric acid groups is 1. The average molecular weight is 1130 g/mol. The number of aliphatic hydroxyl groups is 1. The zero-order valence-electron chi connectivity index (χ0n) is 52.0. The summed E-state index contributed by atoms with van der Waals surface area (Å²) in [4.78, 5) is 25.6. The Morgan fingerprint density at radius 3 is 1.16 bits per heavy atom. The second kappa shape index (κ2) is 60.0. The number of hydrogen-bond acceptors (Lipinski definition) is 6. The molecule has 0 rings (SSSR count). The van der Waals surface area contributed by atoms with Crippen molar-refractivity contribution in [2.45, 2.75) is 257 Å². The molecule has 9 heteroatoms. The predicted octanol–water partition coefficient (Wildman–Crippen LogP) is 19.8. The molecule has 0 aromatic heterocycles. The summed E-state index contributed by atoms with van der Waals surface area (Å²) in [6.45, 7) is 4.49. The molecule has 3 unspecified atom stereocenters. The number of carbonyl (C=O) groups excluding carboxylic acids is 1. The number of quaternary nitrogens is 1. The normalized spacial score (nSPS) is 14.7. The molecule has 0 spiro atoms. The molecule has 0 bridgehead atoms. The van der Waals surface area contributed by atoms with Gasteiger partial charge in [0.1, 0.15) is 13.2 Å². The van der Waals surface area contributed by atoms with Crippen LogP contribution in [-0.4, -0.2) is 68.5 Å². The van der Waals surface area contributed by atoms with E-state index in [0.29, 0.717) is 17.4 Å².